The fraction of sp³-hybridized carbons (Fsp3) is 0.600. The first-order chi connectivity index (χ1) is 13.9. The molecular formula is C20H32ClFIN5O2. The number of ether oxygens (including phenoxy) is 1. The van der Waals surface area contributed by atoms with Crippen molar-refractivity contribution in [2.24, 2.45) is 4.99 Å². The van der Waals surface area contributed by atoms with Crippen molar-refractivity contribution in [3.63, 3.8) is 0 Å². The first-order valence-electron chi connectivity index (χ1n) is 9.93. The molecule has 170 valence electrons. The minimum atomic E-state index is -0.416. The number of carbonyl (C=O) groups is 1. The molecule has 1 aliphatic heterocycles. The maximum atomic E-state index is 13.8. The minimum Gasteiger partial charge on any atom is -0.382 e. The van der Waals surface area contributed by atoms with Crippen LogP contribution >= 0.6 is 35.6 Å². The Bertz CT molecular complexity index is 708. The summed E-state index contributed by atoms with van der Waals surface area (Å²) in [5, 5.41) is 6.78. The predicted octanol–water partition coefficient (Wildman–Crippen LogP) is 2.73. The van der Waals surface area contributed by atoms with Gasteiger partial charge in [-0.2, -0.15) is 0 Å². The minimum absolute atomic E-state index is 0. The number of amides is 1. The molecule has 0 bridgehead atoms. The molecule has 2 rings (SSSR count). The molecule has 0 aromatic heterocycles. The van der Waals surface area contributed by atoms with Gasteiger partial charge in [-0.3, -0.25) is 4.79 Å². The van der Waals surface area contributed by atoms with E-state index in [1.165, 1.54) is 11.0 Å². The van der Waals surface area contributed by atoms with Crippen LogP contribution in [0.5, 0.6) is 0 Å². The molecule has 1 unspecified atom stereocenters. The van der Waals surface area contributed by atoms with Gasteiger partial charge < -0.3 is 25.2 Å². The number of guanidine groups is 1. The van der Waals surface area contributed by atoms with E-state index in [2.05, 4.69) is 20.5 Å². The first kappa shape index (κ1) is 26.7. The average Bonchev–Trinajstić information content (AvgIpc) is 3.16. The highest BCUT2D eigenvalue weighted by atomic mass is 127. The second kappa shape index (κ2) is 13.9. The Hall–Kier alpha value is -1.33. The van der Waals surface area contributed by atoms with Crippen LogP contribution in [0, 0.1) is 5.82 Å². The lowest BCUT2D eigenvalue weighted by Gasteiger charge is -2.21. The maximum Gasteiger partial charge on any atom is 0.243 e. The number of benzene rings is 1. The van der Waals surface area contributed by atoms with Crippen LogP contribution in [0.1, 0.15) is 19.8 Å². The summed E-state index contributed by atoms with van der Waals surface area (Å²) in [4.78, 5) is 19.9. The van der Waals surface area contributed by atoms with Crippen molar-refractivity contribution in [3.05, 3.63) is 29.0 Å². The number of nitrogens with zero attached hydrogens (tertiary/aromatic N) is 3. The molecule has 1 aromatic carbocycles. The molecule has 1 aromatic rings. The van der Waals surface area contributed by atoms with Crippen LogP contribution in [-0.2, 0) is 9.53 Å². The third kappa shape index (κ3) is 8.81. The maximum absolute atomic E-state index is 13.8. The normalized spacial score (nSPS) is 16.2. The zero-order valence-corrected chi connectivity index (χ0v) is 20.9. The number of likely N-dealkylation sites (N-methyl/N-ethyl adjacent to an activating group) is 1. The molecule has 0 spiro atoms. The average molecular weight is 556 g/mol. The topological polar surface area (TPSA) is 69.2 Å². The number of aliphatic imine (C=N–C) groups is 1. The number of carbonyl (C=O) groups excluding carboxylic acids is 1. The van der Waals surface area contributed by atoms with Gasteiger partial charge in [0.25, 0.3) is 0 Å². The van der Waals surface area contributed by atoms with Gasteiger partial charge in [-0.25, -0.2) is 9.38 Å². The monoisotopic (exact) mass is 555 g/mol. The lowest BCUT2D eigenvalue weighted by Crippen LogP contribution is -2.45. The second-order valence-corrected chi connectivity index (χ2v) is 7.51. The van der Waals surface area contributed by atoms with Crippen molar-refractivity contribution < 1.29 is 13.9 Å². The SMILES string of the molecule is CCOCCCNC(=NCC(=O)N(C)C)NC1CCN(c2ccc(Cl)c(F)c2)C1.I. The summed E-state index contributed by atoms with van der Waals surface area (Å²) in [7, 11) is 3.42. The molecule has 10 heteroatoms. The highest BCUT2D eigenvalue weighted by molar-refractivity contribution is 14.0. The van der Waals surface area contributed by atoms with Crippen LogP contribution in [0.2, 0.25) is 5.02 Å². The van der Waals surface area contributed by atoms with Gasteiger partial charge in [0.05, 0.1) is 5.02 Å². The van der Waals surface area contributed by atoms with Crippen molar-refractivity contribution in [1.29, 1.82) is 0 Å². The van der Waals surface area contributed by atoms with Crippen molar-refractivity contribution >= 4 is 53.1 Å². The molecule has 30 heavy (non-hydrogen) atoms. The van der Waals surface area contributed by atoms with Gasteiger partial charge in [0, 0.05) is 58.7 Å². The Morgan fingerprint density at radius 1 is 1.43 bits per heavy atom. The molecule has 0 radical (unpaired) electrons. The molecule has 1 fully saturated rings. The van der Waals surface area contributed by atoms with Crippen LogP contribution < -0.4 is 15.5 Å². The van der Waals surface area contributed by atoms with E-state index in [0.29, 0.717) is 32.3 Å². The highest BCUT2D eigenvalue weighted by Gasteiger charge is 2.24. The zero-order chi connectivity index (χ0) is 21.2. The first-order valence-corrected chi connectivity index (χ1v) is 10.3. The number of halogens is 3. The van der Waals surface area contributed by atoms with Crippen molar-refractivity contribution in [2.45, 2.75) is 25.8 Å². The predicted molar refractivity (Wildman–Crippen MR) is 131 cm³/mol. The van der Waals surface area contributed by atoms with Gasteiger partial charge in [0.1, 0.15) is 12.4 Å². The molecule has 2 N–H and O–H groups in total. The summed E-state index contributed by atoms with van der Waals surface area (Å²) < 4.78 is 19.1. The van der Waals surface area contributed by atoms with E-state index >= 15 is 0 Å². The van der Waals surface area contributed by atoms with Crippen LogP contribution in [0.4, 0.5) is 10.1 Å². The lowest BCUT2D eigenvalue weighted by molar-refractivity contribution is -0.127. The lowest BCUT2D eigenvalue weighted by atomic mass is 10.2. The summed E-state index contributed by atoms with van der Waals surface area (Å²) in [5.41, 5.74) is 0.808. The quantitative estimate of drug-likeness (QED) is 0.212. The van der Waals surface area contributed by atoms with Gasteiger partial charge in [-0.15, -0.1) is 24.0 Å². The van der Waals surface area contributed by atoms with Crippen LogP contribution in [-0.4, -0.2) is 76.3 Å². The third-order valence-corrected chi connectivity index (χ3v) is 4.94. The largest absolute Gasteiger partial charge is 0.382 e. The second-order valence-electron chi connectivity index (χ2n) is 7.10. The van der Waals surface area contributed by atoms with E-state index < -0.39 is 5.82 Å². The Kier molecular flexibility index (Phi) is 12.3. The highest BCUT2D eigenvalue weighted by Crippen LogP contribution is 2.25. The Morgan fingerprint density at radius 3 is 2.87 bits per heavy atom. The van der Waals surface area contributed by atoms with Crippen LogP contribution in [0.3, 0.4) is 0 Å². The van der Waals surface area contributed by atoms with Gasteiger partial charge in [-0.05, 0) is 38.0 Å². The standard InChI is InChI=1S/C20H31ClFN5O2.HI/c1-4-29-11-5-9-23-20(24-13-19(28)26(2)3)25-15-8-10-27(14-15)16-6-7-17(21)18(22)12-16;/h6-7,12,15H,4-5,8-11,13-14H2,1-3H3,(H2,23,24,25);1H. The Balaban J connectivity index is 0.00000450. The van der Waals surface area contributed by atoms with E-state index in [1.807, 2.05) is 13.0 Å². The van der Waals surface area contributed by atoms with E-state index in [4.69, 9.17) is 16.3 Å². The molecular weight excluding hydrogens is 524 g/mol. The van der Waals surface area contributed by atoms with E-state index in [1.54, 1.807) is 20.2 Å². The molecule has 0 aliphatic carbocycles. The fourth-order valence-electron chi connectivity index (χ4n) is 2.95. The molecule has 0 saturated carbocycles. The summed E-state index contributed by atoms with van der Waals surface area (Å²) in [6.45, 7) is 5.61. The molecule has 1 aliphatic rings. The number of anilines is 1. The summed E-state index contributed by atoms with van der Waals surface area (Å²) in [6.07, 6.45) is 1.72. The van der Waals surface area contributed by atoms with Crippen molar-refractivity contribution in [1.82, 2.24) is 15.5 Å². The molecule has 7 nitrogen and oxygen atoms in total. The summed E-state index contributed by atoms with van der Waals surface area (Å²) in [5.74, 6) is 0.122. The number of rotatable bonds is 9. The van der Waals surface area contributed by atoms with E-state index in [-0.39, 0.29) is 47.5 Å². The number of hydrogen-bond acceptors (Lipinski definition) is 4. The smallest absolute Gasteiger partial charge is 0.243 e. The summed E-state index contributed by atoms with van der Waals surface area (Å²) >= 11 is 5.78. The molecule has 1 heterocycles. The zero-order valence-electron chi connectivity index (χ0n) is 17.8. The van der Waals surface area contributed by atoms with Crippen LogP contribution in [0.25, 0.3) is 0 Å². The third-order valence-electron chi connectivity index (χ3n) is 4.63. The van der Waals surface area contributed by atoms with Crippen molar-refractivity contribution in [3.8, 4) is 0 Å². The van der Waals surface area contributed by atoms with E-state index in [0.717, 1.165) is 25.1 Å². The van der Waals surface area contributed by atoms with Gasteiger partial charge in [-0.1, -0.05) is 11.6 Å². The Morgan fingerprint density at radius 2 is 2.20 bits per heavy atom. The van der Waals surface area contributed by atoms with Gasteiger partial charge in [0.2, 0.25) is 5.91 Å². The fourth-order valence-corrected chi connectivity index (χ4v) is 3.07. The Labute approximate surface area is 200 Å². The molecule has 1 amide bonds. The molecule has 1 atom stereocenters. The van der Waals surface area contributed by atoms with E-state index in [9.17, 15) is 9.18 Å². The number of nitrogens with one attached hydrogen (secondary N) is 2. The van der Waals surface area contributed by atoms with Crippen LogP contribution in [0.15, 0.2) is 23.2 Å². The molecule has 1 saturated heterocycles. The number of hydrogen-bond donors (Lipinski definition) is 2. The van der Waals surface area contributed by atoms with Crippen molar-refractivity contribution in [2.75, 3.05) is 58.4 Å². The van der Waals surface area contributed by atoms with Gasteiger partial charge in [0.15, 0.2) is 5.96 Å². The summed E-state index contributed by atoms with van der Waals surface area (Å²) in [6, 6.07) is 5.00. The van der Waals surface area contributed by atoms with Gasteiger partial charge >= 0.3 is 0 Å².